The second-order valence-electron chi connectivity index (χ2n) is 21.6. The van der Waals surface area contributed by atoms with Crippen molar-refractivity contribution in [3.63, 3.8) is 0 Å². The maximum Gasteiger partial charge on any atom is 0.311 e. The molecule has 13 nitrogen and oxygen atoms in total. The standard InChI is InChI=1S/C48H72O13/c1-27-11-12-35-36(23-39(54-35)48(52)41(50)29(3)15-21-53-48)55-42(51)30(4)33-10-9-16-46(56-33)18-13-34(57-46)31(5)45(8)25-32(49)40(60-45)37-26-44(7)19-20-47(58-37,61-44)38-14-17-43(6,59-38)24-28(2)22-27/h11-12,22,28-31,33-41,50,52H,9-10,13-21,23-26H2,1-8H3/b12-11+,27-22+/t28-,29+,30+,31-,33-,34-,35?,36+,37+,38+,39?,40?,41+,43+,44-,45+,46-,47-,48+/m1/s1. The molecule has 0 aliphatic carbocycles. The van der Waals surface area contributed by atoms with E-state index in [2.05, 4.69) is 33.8 Å². The van der Waals surface area contributed by atoms with Gasteiger partial charge in [-0.25, -0.2) is 0 Å². The summed E-state index contributed by atoms with van der Waals surface area (Å²) in [5.74, 6) is -4.84. The van der Waals surface area contributed by atoms with Crippen molar-refractivity contribution in [2.24, 2.45) is 23.7 Å². The maximum absolute atomic E-state index is 14.1. The Balaban J connectivity index is 1.00. The summed E-state index contributed by atoms with van der Waals surface area (Å²) >= 11 is 0. The highest BCUT2D eigenvalue weighted by Gasteiger charge is 2.64. The molecule has 8 saturated heterocycles. The van der Waals surface area contributed by atoms with E-state index in [0.29, 0.717) is 38.5 Å². The summed E-state index contributed by atoms with van der Waals surface area (Å²) in [6.07, 6.45) is 9.72. The zero-order chi connectivity index (χ0) is 43.3. The van der Waals surface area contributed by atoms with Gasteiger partial charge in [0.05, 0.1) is 47.6 Å². The summed E-state index contributed by atoms with van der Waals surface area (Å²) in [6, 6.07) is 0. The molecule has 2 N–H and O–H groups in total. The molecule has 0 saturated carbocycles. The molecule has 10 bridgehead atoms. The molecule has 2 spiro atoms. The SMILES string of the molecule is CC1=C\[C@@H](C)C[C@]2(C)CC[C@H](O2)[C@]23CC[C@](C)(C[C@H](O2)C2O[C@@](C)(CC2=O)[C@H](C)[C@H]2CC[C@@]4(CCC[C@@H](O4)[C@H](C)C(=O)O[C@H]4CC([C@]5(O)OCC[C@H](C)[C@@H]5O)OC4\C=C\1)O2)O3. The Morgan fingerprint density at radius 3 is 2.36 bits per heavy atom. The Morgan fingerprint density at radius 1 is 0.770 bits per heavy atom. The largest absolute Gasteiger partial charge is 0.459 e. The molecule has 13 heteroatoms. The fourth-order valence-corrected chi connectivity index (χ4v) is 12.7. The summed E-state index contributed by atoms with van der Waals surface area (Å²) in [6.45, 7) is 16.7. The number of carbonyl (C=O) groups excluding carboxylic acids is 2. The van der Waals surface area contributed by atoms with Crippen LogP contribution < -0.4 is 0 Å². The number of aliphatic hydroxyl groups is 2. The molecule has 0 aromatic carbocycles. The van der Waals surface area contributed by atoms with E-state index in [9.17, 15) is 19.8 Å². The quantitative estimate of drug-likeness (QED) is 0.275. The van der Waals surface area contributed by atoms with Crippen LogP contribution >= 0.6 is 0 Å². The first-order chi connectivity index (χ1) is 28.7. The first-order valence-corrected chi connectivity index (χ1v) is 23.6. The van der Waals surface area contributed by atoms with Crippen molar-refractivity contribution in [1.29, 1.82) is 0 Å². The van der Waals surface area contributed by atoms with Crippen LogP contribution in [-0.4, -0.2) is 118 Å². The molecular formula is C48H72O13. The number of carbonyl (C=O) groups is 2. The number of ketones is 1. The molecule has 0 aromatic heterocycles. The highest BCUT2D eigenvalue weighted by Crippen LogP contribution is 2.56. The topological polar surface area (TPSA) is 158 Å². The lowest BCUT2D eigenvalue weighted by atomic mass is 9.82. The molecule has 342 valence electrons. The van der Waals surface area contributed by atoms with Gasteiger partial charge in [-0.05, 0) is 97.8 Å². The first kappa shape index (κ1) is 44.4. The van der Waals surface area contributed by atoms with Crippen LogP contribution in [0, 0.1) is 23.7 Å². The minimum Gasteiger partial charge on any atom is -0.459 e. The van der Waals surface area contributed by atoms with Gasteiger partial charge in [0.1, 0.15) is 36.6 Å². The molecular weight excluding hydrogens is 785 g/mol. The zero-order valence-corrected chi connectivity index (χ0v) is 37.7. The van der Waals surface area contributed by atoms with E-state index in [4.69, 9.17) is 42.6 Å². The van der Waals surface area contributed by atoms with Crippen LogP contribution in [0.4, 0.5) is 0 Å². The number of allylic oxidation sites excluding steroid dienone is 3. The van der Waals surface area contributed by atoms with Gasteiger partial charge >= 0.3 is 5.97 Å². The van der Waals surface area contributed by atoms with Gasteiger partial charge in [-0.1, -0.05) is 44.6 Å². The number of fused-ring (bicyclic) bond motifs is 10. The average molecular weight is 857 g/mol. The molecule has 19 atom stereocenters. The van der Waals surface area contributed by atoms with Crippen LogP contribution in [-0.2, 0) is 52.2 Å². The van der Waals surface area contributed by atoms with Gasteiger partial charge in [-0.15, -0.1) is 0 Å². The fourth-order valence-electron chi connectivity index (χ4n) is 12.7. The smallest absolute Gasteiger partial charge is 0.311 e. The summed E-state index contributed by atoms with van der Waals surface area (Å²) in [7, 11) is 0. The van der Waals surface area contributed by atoms with Crippen LogP contribution in [0.5, 0.6) is 0 Å². The molecule has 8 fully saturated rings. The molecule has 9 heterocycles. The van der Waals surface area contributed by atoms with E-state index >= 15 is 0 Å². The van der Waals surface area contributed by atoms with Gasteiger partial charge in [0.25, 0.3) is 0 Å². The van der Waals surface area contributed by atoms with E-state index in [0.717, 1.165) is 44.1 Å². The zero-order valence-electron chi connectivity index (χ0n) is 37.7. The minimum absolute atomic E-state index is 0.0559. The lowest BCUT2D eigenvalue weighted by molar-refractivity contribution is -0.359. The number of Topliss-reactive ketones (excluding diaryl/α,β-unsaturated/α-hetero) is 1. The summed E-state index contributed by atoms with van der Waals surface area (Å²) in [4.78, 5) is 28.1. The number of ether oxygens (including phenoxy) is 9. The summed E-state index contributed by atoms with van der Waals surface area (Å²) in [5, 5.41) is 22.9. The molecule has 9 aliphatic rings. The van der Waals surface area contributed by atoms with Gasteiger partial charge in [0.15, 0.2) is 17.4 Å². The maximum atomic E-state index is 14.1. The van der Waals surface area contributed by atoms with Crippen molar-refractivity contribution >= 4 is 11.8 Å². The van der Waals surface area contributed by atoms with Gasteiger partial charge in [0, 0.05) is 44.4 Å². The number of esters is 1. The molecule has 9 rings (SSSR count). The highest BCUT2D eigenvalue weighted by molar-refractivity contribution is 5.86. The Hall–Kier alpha value is -1.78. The van der Waals surface area contributed by atoms with E-state index in [-0.39, 0.29) is 55.2 Å². The van der Waals surface area contributed by atoms with E-state index in [1.54, 1.807) is 0 Å². The summed E-state index contributed by atoms with van der Waals surface area (Å²) in [5.41, 5.74) is -0.613. The van der Waals surface area contributed by atoms with E-state index < -0.39 is 88.8 Å². The molecule has 9 aliphatic heterocycles. The predicted molar refractivity (Wildman–Crippen MR) is 221 cm³/mol. The van der Waals surface area contributed by atoms with Crippen LogP contribution in [0.25, 0.3) is 0 Å². The second-order valence-corrected chi connectivity index (χ2v) is 21.6. The molecule has 61 heavy (non-hydrogen) atoms. The molecule has 0 amide bonds. The van der Waals surface area contributed by atoms with Crippen molar-refractivity contribution in [2.45, 2.75) is 234 Å². The fraction of sp³-hybridized carbons (Fsp3) is 0.875. The average Bonchev–Trinajstić information content (AvgIpc) is 4.02. The summed E-state index contributed by atoms with van der Waals surface area (Å²) < 4.78 is 59.9. The third kappa shape index (κ3) is 8.15. The Kier molecular flexibility index (Phi) is 11.6. The minimum atomic E-state index is -1.93. The highest BCUT2D eigenvalue weighted by atomic mass is 16.8. The van der Waals surface area contributed by atoms with Crippen molar-refractivity contribution < 1.29 is 62.4 Å². The van der Waals surface area contributed by atoms with Gasteiger partial charge < -0.3 is 52.8 Å². The van der Waals surface area contributed by atoms with Crippen LogP contribution in [0.3, 0.4) is 0 Å². The predicted octanol–water partition coefficient (Wildman–Crippen LogP) is 6.53. The monoisotopic (exact) mass is 856 g/mol. The van der Waals surface area contributed by atoms with E-state index in [1.165, 1.54) is 0 Å². The molecule has 0 radical (unpaired) electrons. The number of rotatable bonds is 1. The number of aliphatic hydroxyl groups excluding tert-OH is 1. The Morgan fingerprint density at radius 2 is 1.56 bits per heavy atom. The lowest BCUT2D eigenvalue weighted by Crippen LogP contribution is -2.59. The van der Waals surface area contributed by atoms with Crippen molar-refractivity contribution in [3.05, 3.63) is 23.8 Å². The second kappa shape index (κ2) is 16.0. The van der Waals surface area contributed by atoms with Crippen LogP contribution in [0.15, 0.2) is 23.8 Å². The lowest BCUT2D eigenvalue weighted by Gasteiger charge is -2.47. The van der Waals surface area contributed by atoms with Crippen LogP contribution in [0.1, 0.15) is 145 Å². The normalized spacial score (nSPS) is 55.7. The third-order valence-corrected chi connectivity index (χ3v) is 16.5. The van der Waals surface area contributed by atoms with Crippen molar-refractivity contribution in [2.75, 3.05) is 6.61 Å². The number of hydrogen-bond acceptors (Lipinski definition) is 13. The van der Waals surface area contributed by atoms with Gasteiger partial charge in [-0.3, -0.25) is 9.59 Å². The van der Waals surface area contributed by atoms with Crippen molar-refractivity contribution in [3.8, 4) is 0 Å². The first-order valence-electron chi connectivity index (χ1n) is 23.6. The van der Waals surface area contributed by atoms with E-state index in [1.807, 2.05) is 39.8 Å². The Bertz CT molecular complexity index is 1750. The third-order valence-electron chi connectivity index (χ3n) is 16.5. The van der Waals surface area contributed by atoms with Crippen LogP contribution in [0.2, 0.25) is 0 Å². The van der Waals surface area contributed by atoms with Gasteiger partial charge in [-0.2, -0.15) is 0 Å². The van der Waals surface area contributed by atoms with Crippen molar-refractivity contribution in [1.82, 2.24) is 0 Å². The Labute approximate surface area is 361 Å². The molecule has 3 unspecified atom stereocenters. The van der Waals surface area contributed by atoms with Gasteiger partial charge in [0.2, 0.25) is 5.79 Å². The number of hydrogen-bond donors (Lipinski definition) is 2. The molecule has 0 aromatic rings.